The zero-order chi connectivity index (χ0) is 15.2. The first-order valence-electron chi connectivity index (χ1n) is 7.30. The van der Waals surface area contributed by atoms with Gasteiger partial charge in [-0.1, -0.05) is 25.1 Å². The summed E-state index contributed by atoms with van der Waals surface area (Å²) in [4.78, 5) is 0. The van der Waals surface area contributed by atoms with Crippen LogP contribution in [0.3, 0.4) is 0 Å². The van der Waals surface area contributed by atoms with Gasteiger partial charge in [0.15, 0.2) is 0 Å². The first-order valence-corrected chi connectivity index (χ1v) is 8.38. The van der Waals surface area contributed by atoms with E-state index in [4.69, 9.17) is 9.47 Å². The summed E-state index contributed by atoms with van der Waals surface area (Å²) in [6, 6.07) is 14.8. The van der Waals surface area contributed by atoms with Gasteiger partial charge in [-0.25, -0.2) is 0 Å². The molecule has 0 amide bonds. The molecule has 2 nitrogen and oxygen atoms in total. The Labute approximate surface area is 140 Å². The summed E-state index contributed by atoms with van der Waals surface area (Å²) in [6.45, 7) is 7.63. The van der Waals surface area contributed by atoms with E-state index in [0.717, 1.165) is 15.1 Å². The Kier molecular flexibility index (Phi) is 5.91. The third-order valence-corrected chi connectivity index (χ3v) is 4.29. The molecule has 0 aliphatic carbocycles. The van der Waals surface area contributed by atoms with E-state index in [9.17, 15) is 0 Å². The van der Waals surface area contributed by atoms with Crippen LogP contribution in [0.5, 0.6) is 11.5 Å². The van der Waals surface area contributed by atoms with Crippen molar-refractivity contribution in [1.29, 1.82) is 0 Å². The van der Waals surface area contributed by atoms with E-state index >= 15 is 0 Å². The molecule has 2 aromatic carbocycles. The van der Waals surface area contributed by atoms with Gasteiger partial charge in [-0.3, -0.25) is 0 Å². The molecule has 1 atom stereocenters. The standard InChI is InChI=1S/C18H21IO2/c1-4-20-16-9-6-14(7-10-16)13(3)15-8-11-18(21-5-2)17(19)12-15/h6-13H,4-5H2,1-3H3. The fourth-order valence-electron chi connectivity index (χ4n) is 2.27. The molecule has 0 aliphatic rings. The maximum Gasteiger partial charge on any atom is 0.132 e. The maximum absolute atomic E-state index is 5.60. The van der Waals surface area contributed by atoms with Gasteiger partial charge in [-0.2, -0.15) is 0 Å². The molecule has 0 saturated heterocycles. The Bertz CT molecular complexity index is 578. The van der Waals surface area contributed by atoms with Crippen molar-refractivity contribution in [2.45, 2.75) is 26.7 Å². The second-order valence-corrected chi connectivity index (χ2v) is 6.01. The molecule has 2 aromatic rings. The SMILES string of the molecule is CCOc1ccc(C(C)c2ccc(OCC)c(I)c2)cc1. The second-order valence-electron chi connectivity index (χ2n) is 4.85. The Balaban J connectivity index is 2.19. The minimum absolute atomic E-state index is 0.352. The monoisotopic (exact) mass is 396 g/mol. The van der Waals surface area contributed by atoms with Gasteiger partial charge in [0.05, 0.1) is 16.8 Å². The van der Waals surface area contributed by atoms with Crippen LogP contribution in [0.4, 0.5) is 0 Å². The van der Waals surface area contributed by atoms with Crippen LogP contribution in [0.1, 0.15) is 37.8 Å². The summed E-state index contributed by atoms with van der Waals surface area (Å²) < 4.78 is 12.2. The highest BCUT2D eigenvalue weighted by Crippen LogP contribution is 2.30. The Hall–Kier alpha value is -1.23. The van der Waals surface area contributed by atoms with Crippen LogP contribution in [0.2, 0.25) is 0 Å². The minimum Gasteiger partial charge on any atom is -0.494 e. The van der Waals surface area contributed by atoms with Crippen molar-refractivity contribution < 1.29 is 9.47 Å². The summed E-state index contributed by atoms with van der Waals surface area (Å²) in [5.41, 5.74) is 2.59. The Morgan fingerprint density at radius 1 is 0.905 bits per heavy atom. The number of rotatable bonds is 6. The number of hydrogen-bond donors (Lipinski definition) is 0. The third-order valence-electron chi connectivity index (χ3n) is 3.45. The van der Waals surface area contributed by atoms with Gasteiger partial charge in [0.2, 0.25) is 0 Å². The quantitative estimate of drug-likeness (QED) is 0.622. The number of hydrogen-bond acceptors (Lipinski definition) is 2. The minimum atomic E-state index is 0.352. The van der Waals surface area contributed by atoms with Crippen LogP contribution < -0.4 is 9.47 Å². The van der Waals surface area contributed by atoms with Crippen molar-refractivity contribution in [1.82, 2.24) is 0 Å². The average Bonchev–Trinajstić information content (AvgIpc) is 2.50. The lowest BCUT2D eigenvalue weighted by atomic mass is 9.93. The van der Waals surface area contributed by atoms with E-state index in [1.807, 2.05) is 26.0 Å². The average molecular weight is 396 g/mol. The summed E-state index contributed by atoms with van der Waals surface area (Å²) >= 11 is 2.33. The van der Waals surface area contributed by atoms with Gasteiger partial charge in [-0.05, 0) is 71.8 Å². The van der Waals surface area contributed by atoms with Crippen LogP contribution in [0.25, 0.3) is 0 Å². The molecule has 3 heteroatoms. The molecule has 21 heavy (non-hydrogen) atoms. The van der Waals surface area contributed by atoms with Crippen LogP contribution in [-0.2, 0) is 0 Å². The molecule has 0 aromatic heterocycles. The summed E-state index contributed by atoms with van der Waals surface area (Å²) in [5.74, 6) is 2.24. The molecule has 0 N–H and O–H groups in total. The van der Waals surface area contributed by atoms with E-state index in [1.54, 1.807) is 0 Å². The fourth-order valence-corrected chi connectivity index (χ4v) is 2.97. The number of ether oxygens (including phenoxy) is 2. The predicted molar refractivity (Wildman–Crippen MR) is 95.5 cm³/mol. The first kappa shape index (κ1) is 16.1. The molecule has 0 fully saturated rings. The Morgan fingerprint density at radius 3 is 2.10 bits per heavy atom. The highest BCUT2D eigenvalue weighted by molar-refractivity contribution is 14.1. The van der Waals surface area contributed by atoms with Crippen molar-refractivity contribution in [3.05, 3.63) is 57.2 Å². The normalized spacial score (nSPS) is 12.0. The van der Waals surface area contributed by atoms with Crippen molar-refractivity contribution in [2.75, 3.05) is 13.2 Å². The highest BCUT2D eigenvalue weighted by Gasteiger charge is 2.11. The largest absolute Gasteiger partial charge is 0.494 e. The predicted octanol–water partition coefficient (Wildman–Crippen LogP) is 5.24. The smallest absolute Gasteiger partial charge is 0.132 e. The molecular formula is C18H21IO2. The van der Waals surface area contributed by atoms with Gasteiger partial charge < -0.3 is 9.47 Å². The van der Waals surface area contributed by atoms with Gasteiger partial charge in [0, 0.05) is 5.92 Å². The van der Waals surface area contributed by atoms with Gasteiger partial charge in [-0.15, -0.1) is 0 Å². The van der Waals surface area contributed by atoms with Gasteiger partial charge in [0.25, 0.3) is 0 Å². The lowest BCUT2D eigenvalue weighted by molar-refractivity contribution is 0.337. The fraction of sp³-hybridized carbons (Fsp3) is 0.333. The van der Waals surface area contributed by atoms with E-state index in [-0.39, 0.29) is 0 Å². The van der Waals surface area contributed by atoms with Crippen molar-refractivity contribution in [3.8, 4) is 11.5 Å². The summed E-state index contributed by atoms with van der Waals surface area (Å²) in [7, 11) is 0. The number of benzene rings is 2. The summed E-state index contributed by atoms with van der Waals surface area (Å²) in [5, 5.41) is 0. The zero-order valence-corrected chi connectivity index (χ0v) is 14.9. The van der Waals surface area contributed by atoms with Crippen molar-refractivity contribution in [3.63, 3.8) is 0 Å². The van der Waals surface area contributed by atoms with Crippen LogP contribution in [0, 0.1) is 3.57 Å². The van der Waals surface area contributed by atoms with Crippen molar-refractivity contribution >= 4 is 22.6 Å². The van der Waals surface area contributed by atoms with Gasteiger partial charge in [0.1, 0.15) is 11.5 Å². The maximum atomic E-state index is 5.60. The molecule has 0 aliphatic heterocycles. The first-order chi connectivity index (χ1) is 10.2. The summed E-state index contributed by atoms with van der Waals surface area (Å²) in [6.07, 6.45) is 0. The van der Waals surface area contributed by atoms with E-state index in [0.29, 0.717) is 19.1 Å². The molecule has 0 spiro atoms. The molecule has 0 radical (unpaired) electrons. The van der Waals surface area contributed by atoms with Gasteiger partial charge >= 0.3 is 0 Å². The molecule has 112 valence electrons. The second kappa shape index (κ2) is 7.69. The topological polar surface area (TPSA) is 18.5 Å². The van der Waals surface area contributed by atoms with Crippen LogP contribution in [-0.4, -0.2) is 13.2 Å². The highest BCUT2D eigenvalue weighted by atomic mass is 127. The molecular weight excluding hydrogens is 375 g/mol. The van der Waals surface area contributed by atoms with Crippen LogP contribution in [0.15, 0.2) is 42.5 Å². The van der Waals surface area contributed by atoms with E-state index in [2.05, 4.69) is 59.8 Å². The van der Waals surface area contributed by atoms with Crippen LogP contribution >= 0.6 is 22.6 Å². The lowest BCUT2D eigenvalue weighted by Gasteiger charge is -2.15. The molecule has 0 heterocycles. The lowest BCUT2D eigenvalue weighted by Crippen LogP contribution is -1.99. The Morgan fingerprint density at radius 2 is 1.52 bits per heavy atom. The van der Waals surface area contributed by atoms with Crippen molar-refractivity contribution in [2.24, 2.45) is 0 Å². The van der Waals surface area contributed by atoms with E-state index in [1.165, 1.54) is 11.1 Å². The molecule has 2 rings (SSSR count). The molecule has 1 unspecified atom stereocenters. The molecule has 0 bridgehead atoms. The van der Waals surface area contributed by atoms with E-state index < -0.39 is 0 Å². The third kappa shape index (κ3) is 4.13. The number of halogens is 1. The molecule has 0 saturated carbocycles. The zero-order valence-electron chi connectivity index (χ0n) is 12.7.